The lowest BCUT2D eigenvalue weighted by molar-refractivity contribution is 0.102. The number of hydrogen-bond donors (Lipinski definition) is 2. The molecule has 1 heterocycles. The molecular weight excluding hydrogens is 230 g/mol. The number of nitrogens with two attached hydrogens (primary N) is 1. The summed E-state index contributed by atoms with van der Waals surface area (Å²) in [6.45, 7) is 0. The molecule has 1 aromatic heterocycles. The highest BCUT2D eigenvalue weighted by Crippen LogP contribution is 2.26. The van der Waals surface area contributed by atoms with Crippen LogP contribution in [0, 0.1) is 0 Å². The molecule has 5 heteroatoms. The van der Waals surface area contributed by atoms with Gasteiger partial charge in [0.1, 0.15) is 0 Å². The predicted octanol–water partition coefficient (Wildman–Crippen LogP) is 1.92. The summed E-state index contributed by atoms with van der Waals surface area (Å²) in [5.74, 6) is 0.106. The van der Waals surface area contributed by atoms with E-state index in [1.165, 1.54) is 7.11 Å². The van der Waals surface area contributed by atoms with Crippen molar-refractivity contribution in [3.8, 4) is 5.75 Å². The van der Waals surface area contributed by atoms with E-state index in [0.29, 0.717) is 22.7 Å². The van der Waals surface area contributed by atoms with Crippen LogP contribution in [0.1, 0.15) is 10.4 Å². The minimum absolute atomic E-state index is 0.273. The molecule has 0 aliphatic rings. The number of carbonyl (C=O) groups is 1. The van der Waals surface area contributed by atoms with Gasteiger partial charge < -0.3 is 15.8 Å². The second kappa shape index (κ2) is 5.18. The van der Waals surface area contributed by atoms with Crippen molar-refractivity contribution in [1.29, 1.82) is 0 Å². The Hall–Kier alpha value is -2.56. The second-order valence-electron chi connectivity index (χ2n) is 3.62. The van der Waals surface area contributed by atoms with E-state index in [2.05, 4.69) is 10.3 Å². The van der Waals surface area contributed by atoms with Crippen LogP contribution in [-0.4, -0.2) is 18.0 Å². The molecule has 1 amide bonds. The fourth-order valence-electron chi connectivity index (χ4n) is 1.60. The number of carbonyl (C=O) groups excluding carboxylic acids is 1. The van der Waals surface area contributed by atoms with Gasteiger partial charge in [0.2, 0.25) is 0 Å². The van der Waals surface area contributed by atoms with Crippen molar-refractivity contribution in [1.82, 2.24) is 4.98 Å². The summed E-state index contributed by atoms with van der Waals surface area (Å²) in [6, 6.07) is 8.46. The summed E-state index contributed by atoms with van der Waals surface area (Å²) in [7, 11) is 1.48. The lowest BCUT2D eigenvalue weighted by Gasteiger charge is -2.10. The van der Waals surface area contributed by atoms with Crippen LogP contribution >= 0.6 is 0 Å². The Balaban J connectivity index is 2.27. The monoisotopic (exact) mass is 243 g/mol. The molecule has 92 valence electrons. The van der Waals surface area contributed by atoms with Crippen molar-refractivity contribution in [2.75, 3.05) is 18.2 Å². The van der Waals surface area contributed by atoms with Crippen LogP contribution in [0.4, 0.5) is 11.4 Å². The van der Waals surface area contributed by atoms with Crippen molar-refractivity contribution in [2.45, 2.75) is 0 Å². The third-order valence-electron chi connectivity index (χ3n) is 2.43. The number of nitrogens with zero attached hydrogens (tertiary/aromatic N) is 1. The molecular formula is C13H13N3O2. The first-order valence-electron chi connectivity index (χ1n) is 5.36. The predicted molar refractivity (Wildman–Crippen MR) is 69.6 cm³/mol. The van der Waals surface area contributed by atoms with Crippen molar-refractivity contribution >= 4 is 17.3 Å². The Morgan fingerprint density at radius 1 is 1.28 bits per heavy atom. The average molecular weight is 243 g/mol. The highest BCUT2D eigenvalue weighted by atomic mass is 16.5. The zero-order valence-corrected chi connectivity index (χ0v) is 9.88. The van der Waals surface area contributed by atoms with Crippen LogP contribution in [0.25, 0.3) is 0 Å². The summed E-state index contributed by atoms with van der Waals surface area (Å²) in [5, 5.41) is 2.75. The Kier molecular flexibility index (Phi) is 3.43. The normalized spacial score (nSPS) is 9.83. The van der Waals surface area contributed by atoms with Gasteiger partial charge in [-0.15, -0.1) is 0 Å². The molecule has 0 radical (unpaired) electrons. The molecule has 2 rings (SSSR count). The van der Waals surface area contributed by atoms with E-state index >= 15 is 0 Å². The molecule has 1 aromatic carbocycles. The van der Waals surface area contributed by atoms with Crippen molar-refractivity contribution in [3.63, 3.8) is 0 Å². The maximum absolute atomic E-state index is 12.1. The number of para-hydroxylation sites is 1. The van der Waals surface area contributed by atoms with E-state index in [1.807, 2.05) is 0 Å². The molecule has 0 saturated heterocycles. The van der Waals surface area contributed by atoms with E-state index in [1.54, 1.807) is 42.7 Å². The van der Waals surface area contributed by atoms with Crippen molar-refractivity contribution < 1.29 is 9.53 Å². The number of benzene rings is 1. The number of ether oxygens (including phenoxy) is 1. The number of pyridine rings is 1. The standard InChI is InChI=1S/C13H13N3O2/c1-18-12-10(3-2-4-11(12)14)13(17)16-9-5-7-15-8-6-9/h2-8H,14H2,1H3,(H,15,16,17). The number of methoxy groups -OCH3 is 1. The number of hydrogen-bond acceptors (Lipinski definition) is 4. The molecule has 0 saturated carbocycles. The number of rotatable bonds is 3. The SMILES string of the molecule is COc1c(N)cccc1C(=O)Nc1ccncc1. The van der Waals surface area contributed by atoms with Gasteiger partial charge >= 0.3 is 0 Å². The van der Waals surface area contributed by atoms with Gasteiger partial charge in [-0.25, -0.2) is 0 Å². The lowest BCUT2D eigenvalue weighted by Crippen LogP contribution is -2.13. The van der Waals surface area contributed by atoms with Gasteiger partial charge in [0, 0.05) is 18.1 Å². The Bertz CT molecular complexity index is 555. The number of nitrogens with one attached hydrogen (secondary N) is 1. The summed E-state index contributed by atoms with van der Waals surface area (Å²) in [5.41, 5.74) is 7.24. The zero-order valence-electron chi connectivity index (χ0n) is 9.88. The minimum atomic E-state index is -0.273. The fourth-order valence-corrected chi connectivity index (χ4v) is 1.60. The van der Waals surface area contributed by atoms with Crippen LogP contribution in [0.5, 0.6) is 5.75 Å². The van der Waals surface area contributed by atoms with Crippen LogP contribution in [0.15, 0.2) is 42.7 Å². The smallest absolute Gasteiger partial charge is 0.259 e. The third kappa shape index (κ3) is 2.40. The summed E-state index contributed by atoms with van der Waals surface area (Å²) in [4.78, 5) is 16.0. The summed E-state index contributed by atoms with van der Waals surface area (Å²) < 4.78 is 5.14. The first-order valence-corrected chi connectivity index (χ1v) is 5.36. The van der Waals surface area contributed by atoms with Gasteiger partial charge in [-0.2, -0.15) is 0 Å². The maximum atomic E-state index is 12.1. The van der Waals surface area contributed by atoms with Gasteiger partial charge in [-0.05, 0) is 24.3 Å². The van der Waals surface area contributed by atoms with E-state index in [0.717, 1.165) is 0 Å². The molecule has 18 heavy (non-hydrogen) atoms. The number of nitrogen functional groups attached to an aromatic ring is 1. The van der Waals surface area contributed by atoms with Gasteiger partial charge in [-0.3, -0.25) is 9.78 Å². The van der Waals surface area contributed by atoms with Crippen LogP contribution in [0.2, 0.25) is 0 Å². The molecule has 0 aliphatic heterocycles. The Morgan fingerprint density at radius 2 is 2.00 bits per heavy atom. The highest BCUT2D eigenvalue weighted by Gasteiger charge is 2.14. The number of amides is 1. The van der Waals surface area contributed by atoms with Crippen LogP contribution in [-0.2, 0) is 0 Å². The molecule has 0 spiro atoms. The first kappa shape index (κ1) is 11.9. The Morgan fingerprint density at radius 3 is 2.67 bits per heavy atom. The molecule has 0 bridgehead atoms. The topological polar surface area (TPSA) is 77.2 Å². The molecule has 2 aromatic rings. The molecule has 3 N–H and O–H groups in total. The van der Waals surface area contributed by atoms with Crippen LogP contribution in [0.3, 0.4) is 0 Å². The highest BCUT2D eigenvalue weighted by molar-refractivity contribution is 6.07. The quantitative estimate of drug-likeness (QED) is 0.807. The van der Waals surface area contributed by atoms with Crippen LogP contribution < -0.4 is 15.8 Å². The minimum Gasteiger partial charge on any atom is -0.494 e. The van der Waals surface area contributed by atoms with E-state index in [9.17, 15) is 4.79 Å². The van der Waals surface area contributed by atoms with Gasteiger partial charge in [-0.1, -0.05) is 6.07 Å². The van der Waals surface area contributed by atoms with Crippen molar-refractivity contribution in [2.24, 2.45) is 0 Å². The molecule has 0 unspecified atom stereocenters. The molecule has 0 fully saturated rings. The van der Waals surface area contributed by atoms with E-state index < -0.39 is 0 Å². The summed E-state index contributed by atoms with van der Waals surface area (Å²) in [6.07, 6.45) is 3.21. The fraction of sp³-hybridized carbons (Fsp3) is 0.0769. The van der Waals surface area contributed by atoms with Gasteiger partial charge in [0.25, 0.3) is 5.91 Å². The third-order valence-corrected chi connectivity index (χ3v) is 2.43. The molecule has 0 aliphatic carbocycles. The largest absolute Gasteiger partial charge is 0.494 e. The molecule has 0 atom stereocenters. The van der Waals surface area contributed by atoms with Gasteiger partial charge in [0.05, 0.1) is 18.4 Å². The van der Waals surface area contributed by atoms with Gasteiger partial charge in [0.15, 0.2) is 5.75 Å². The number of aromatic nitrogens is 1. The Labute approximate surface area is 105 Å². The first-order chi connectivity index (χ1) is 8.72. The van der Waals surface area contributed by atoms with E-state index in [-0.39, 0.29) is 5.91 Å². The zero-order chi connectivity index (χ0) is 13.0. The molecule has 5 nitrogen and oxygen atoms in total. The maximum Gasteiger partial charge on any atom is 0.259 e. The summed E-state index contributed by atoms with van der Waals surface area (Å²) >= 11 is 0. The lowest BCUT2D eigenvalue weighted by atomic mass is 10.1. The second-order valence-corrected chi connectivity index (χ2v) is 3.62. The van der Waals surface area contributed by atoms with Crippen molar-refractivity contribution in [3.05, 3.63) is 48.3 Å². The van der Waals surface area contributed by atoms with E-state index in [4.69, 9.17) is 10.5 Å². The number of anilines is 2. The average Bonchev–Trinajstić information content (AvgIpc) is 2.39.